The maximum absolute atomic E-state index is 13.6. The number of rotatable bonds is 4. The van der Waals surface area contributed by atoms with E-state index in [0.717, 1.165) is 29.1 Å². The van der Waals surface area contributed by atoms with E-state index < -0.39 is 17.5 Å². The average Bonchev–Trinajstić information content (AvgIpc) is 3.28. The molecule has 10 heteroatoms. The molecule has 6 nitrogen and oxygen atoms in total. The fourth-order valence-corrected chi connectivity index (χ4v) is 4.31. The highest BCUT2D eigenvalue weighted by atomic mass is 32.1. The minimum absolute atomic E-state index is 0.0220. The number of nitrogens with one attached hydrogen (secondary N) is 1. The molecule has 3 aromatic rings. The highest BCUT2D eigenvalue weighted by molar-refractivity contribution is 7.20. The molecular formula is C18H16F3N5OS. The molecule has 0 bridgehead atoms. The van der Waals surface area contributed by atoms with Crippen molar-refractivity contribution in [1.82, 2.24) is 4.57 Å². The fourth-order valence-electron chi connectivity index (χ4n) is 3.27. The molecule has 0 atom stereocenters. The van der Waals surface area contributed by atoms with Gasteiger partial charge in [-0.2, -0.15) is 18.3 Å². The van der Waals surface area contributed by atoms with Crippen LogP contribution in [-0.2, 0) is 12.7 Å². The van der Waals surface area contributed by atoms with Crippen LogP contribution in [0.25, 0.3) is 21.5 Å². The summed E-state index contributed by atoms with van der Waals surface area (Å²) < 4.78 is 43.4. The topological polar surface area (TPSA) is 99.8 Å². The normalized spacial score (nSPS) is 15.3. The number of phenolic OH excluding ortho intramolecular Hbond substituents is 1. The van der Waals surface area contributed by atoms with E-state index in [1.165, 1.54) is 23.5 Å². The predicted octanol–water partition coefficient (Wildman–Crippen LogP) is 5.16. The van der Waals surface area contributed by atoms with E-state index in [1.54, 1.807) is 12.1 Å². The summed E-state index contributed by atoms with van der Waals surface area (Å²) in [5.41, 5.74) is 7.51. The first kappa shape index (κ1) is 18.5. The van der Waals surface area contributed by atoms with Crippen LogP contribution >= 0.6 is 11.3 Å². The predicted molar refractivity (Wildman–Crippen MR) is 101 cm³/mol. The monoisotopic (exact) mass is 407 g/mol. The first-order chi connectivity index (χ1) is 13.3. The van der Waals surface area contributed by atoms with Crippen LogP contribution in [0, 0.1) is 11.4 Å². The van der Waals surface area contributed by atoms with Crippen molar-refractivity contribution < 1.29 is 18.3 Å². The van der Waals surface area contributed by atoms with E-state index in [9.17, 15) is 18.3 Å². The van der Waals surface area contributed by atoms with Gasteiger partial charge < -0.3 is 15.5 Å². The smallest absolute Gasteiger partial charge is 0.417 e. The molecule has 0 unspecified atom stereocenters. The van der Waals surface area contributed by atoms with Gasteiger partial charge in [0.1, 0.15) is 5.75 Å². The number of alkyl halides is 3. The number of phenols is 1. The third kappa shape index (κ3) is 3.24. The lowest BCUT2D eigenvalue weighted by atomic mass is 10.0. The lowest BCUT2D eigenvalue weighted by Crippen LogP contribution is -2.09. The van der Waals surface area contributed by atoms with Gasteiger partial charge in [-0.05, 0) is 49.1 Å². The Morgan fingerprint density at radius 2 is 2.04 bits per heavy atom. The van der Waals surface area contributed by atoms with Gasteiger partial charge in [0.25, 0.3) is 0 Å². The molecule has 1 fully saturated rings. The second-order valence-electron chi connectivity index (χ2n) is 6.74. The summed E-state index contributed by atoms with van der Waals surface area (Å²) in [6.45, 7) is 0.598. The summed E-state index contributed by atoms with van der Waals surface area (Å²) in [5, 5.41) is 16.3. The number of hydrazone groups is 1. The number of amidine groups is 1. The van der Waals surface area contributed by atoms with Crippen LogP contribution < -0.4 is 5.84 Å². The minimum Gasteiger partial charge on any atom is -0.508 e. The van der Waals surface area contributed by atoms with Gasteiger partial charge in [-0.3, -0.25) is 0 Å². The summed E-state index contributed by atoms with van der Waals surface area (Å²) in [7, 11) is 0. The Kier molecular flexibility index (Phi) is 4.37. The van der Waals surface area contributed by atoms with Crippen molar-refractivity contribution in [2.45, 2.75) is 25.6 Å². The largest absolute Gasteiger partial charge is 0.508 e. The molecule has 0 saturated heterocycles. The zero-order chi connectivity index (χ0) is 20.1. The Labute approximate surface area is 161 Å². The van der Waals surface area contributed by atoms with Crippen molar-refractivity contribution in [3.63, 3.8) is 0 Å². The number of thiophene rings is 1. The van der Waals surface area contributed by atoms with Gasteiger partial charge >= 0.3 is 6.18 Å². The SMILES string of the molecule is N=N/C(=N\N)c1cc2c(cc(-c3ccc(O)cc3C(F)(F)F)n2CC2CC2)s1. The first-order valence-electron chi connectivity index (χ1n) is 8.51. The van der Waals surface area contributed by atoms with Gasteiger partial charge in [-0.1, -0.05) is 0 Å². The molecule has 2 heterocycles. The van der Waals surface area contributed by atoms with Crippen molar-refractivity contribution in [1.29, 1.82) is 5.53 Å². The van der Waals surface area contributed by atoms with Crippen molar-refractivity contribution in [3.8, 4) is 17.0 Å². The number of hydrogen-bond donors (Lipinski definition) is 3. The molecule has 2 aromatic heterocycles. The Bertz CT molecular complexity index is 1090. The number of benzene rings is 1. The third-order valence-electron chi connectivity index (χ3n) is 4.76. The van der Waals surface area contributed by atoms with Gasteiger partial charge in [0.2, 0.25) is 5.84 Å². The quantitative estimate of drug-likeness (QED) is 0.183. The highest BCUT2D eigenvalue weighted by Gasteiger charge is 2.35. The van der Waals surface area contributed by atoms with Crippen LogP contribution in [0.4, 0.5) is 13.2 Å². The number of hydrogen-bond acceptors (Lipinski definition) is 5. The molecule has 0 aliphatic heterocycles. The van der Waals surface area contributed by atoms with Gasteiger partial charge in [-0.25, -0.2) is 5.53 Å². The standard InChI is InChI=1S/C18H16F3N5OS/c19-18(20,21)12-5-10(27)3-4-11(12)13-6-15-14(26(13)8-9-1-2-9)7-16(28-15)17(24-22)25-23/h3-7,9,22,27H,1-2,8,23H2/b24-22?,25-17-. The average molecular weight is 407 g/mol. The van der Waals surface area contributed by atoms with Crippen molar-refractivity contribution in [3.05, 3.63) is 40.8 Å². The fraction of sp³-hybridized carbons (Fsp3) is 0.278. The molecular weight excluding hydrogens is 391 g/mol. The van der Waals surface area contributed by atoms with E-state index in [4.69, 9.17) is 11.4 Å². The van der Waals surface area contributed by atoms with E-state index >= 15 is 0 Å². The highest BCUT2D eigenvalue weighted by Crippen LogP contribution is 2.43. The molecule has 1 aromatic carbocycles. The Morgan fingerprint density at radius 3 is 2.64 bits per heavy atom. The van der Waals surface area contributed by atoms with E-state index in [1.807, 2.05) is 4.57 Å². The molecule has 1 aliphatic rings. The molecule has 0 amide bonds. The zero-order valence-corrected chi connectivity index (χ0v) is 15.3. The Morgan fingerprint density at radius 1 is 1.29 bits per heavy atom. The molecule has 28 heavy (non-hydrogen) atoms. The second-order valence-corrected chi connectivity index (χ2v) is 7.82. The molecule has 1 saturated carbocycles. The molecule has 146 valence electrons. The van der Waals surface area contributed by atoms with Crippen molar-refractivity contribution >= 4 is 27.4 Å². The van der Waals surface area contributed by atoms with Crippen LogP contribution in [0.15, 0.2) is 40.5 Å². The minimum atomic E-state index is -4.59. The number of aromatic nitrogens is 1. The molecule has 4 N–H and O–H groups in total. The lowest BCUT2D eigenvalue weighted by Gasteiger charge is -2.16. The van der Waals surface area contributed by atoms with Crippen LogP contribution in [-0.4, -0.2) is 15.5 Å². The summed E-state index contributed by atoms with van der Waals surface area (Å²) in [4.78, 5) is 0.584. The second kappa shape index (κ2) is 6.62. The van der Waals surface area contributed by atoms with Gasteiger partial charge in [0.15, 0.2) is 0 Å². The number of nitrogens with two attached hydrogens (primary N) is 1. The molecule has 4 rings (SSSR count). The van der Waals surface area contributed by atoms with Gasteiger partial charge in [0, 0.05) is 12.1 Å². The third-order valence-corrected chi connectivity index (χ3v) is 5.83. The maximum Gasteiger partial charge on any atom is 0.417 e. The molecule has 1 aliphatic carbocycles. The van der Waals surface area contributed by atoms with Crippen LogP contribution in [0.1, 0.15) is 23.3 Å². The summed E-state index contributed by atoms with van der Waals surface area (Å²) >= 11 is 1.27. The van der Waals surface area contributed by atoms with Gasteiger partial charge in [0.05, 0.1) is 26.4 Å². The van der Waals surface area contributed by atoms with Crippen LogP contribution in [0.5, 0.6) is 5.75 Å². The lowest BCUT2D eigenvalue weighted by molar-refractivity contribution is -0.137. The van der Waals surface area contributed by atoms with E-state index in [2.05, 4.69) is 10.2 Å². The maximum atomic E-state index is 13.6. The first-order valence-corrected chi connectivity index (χ1v) is 9.33. The van der Waals surface area contributed by atoms with E-state index in [-0.39, 0.29) is 11.4 Å². The summed E-state index contributed by atoms with van der Waals surface area (Å²) in [5.74, 6) is 5.33. The Hall–Kier alpha value is -2.88. The summed E-state index contributed by atoms with van der Waals surface area (Å²) in [6, 6.07) is 6.76. The Balaban J connectivity index is 1.92. The van der Waals surface area contributed by atoms with Gasteiger partial charge in [-0.15, -0.1) is 16.5 Å². The van der Waals surface area contributed by atoms with Crippen molar-refractivity contribution in [2.24, 2.45) is 22.0 Å². The van der Waals surface area contributed by atoms with E-state index in [0.29, 0.717) is 23.0 Å². The summed E-state index contributed by atoms with van der Waals surface area (Å²) in [6.07, 6.45) is -2.52. The number of fused-ring (bicyclic) bond motifs is 1. The van der Waals surface area contributed by atoms with Crippen LogP contribution in [0.2, 0.25) is 0 Å². The molecule has 0 radical (unpaired) electrons. The van der Waals surface area contributed by atoms with Crippen LogP contribution in [0.3, 0.4) is 0 Å². The number of nitrogens with zero attached hydrogens (tertiary/aromatic N) is 3. The number of halogens is 3. The molecule has 0 spiro atoms. The zero-order valence-electron chi connectivity index (χ0n) is 14.5. The van der Waals surface area contributed by atoms with Crippen molar-refractivity contribution in [2.75, 3.05) is 0 Å². The number of aromatic hydroxyl groups is 1.